The van der Waals surface area contributed by atoms with Crippen LogP contribution in [-0.4, -0.2) is 4.92 Å². The highest BCUT2D eigenvalue weighted by Gasteiger charge is 2.15. The lowest BCUT2D eigenvalue weighted by Crippen LogP contribution is -2.01. The molecule has 0 saturated heterocycles. The van der Waals surface area contributed by atoms with Gasteiger partial charge in [-0.15, -0.1) is 0 Å². The SMILES string of the molecule is Cc1cc(C)c(Nc2ccc(N)cc2[N+](=O)[O-])c(C)c1. The first kappa shape index (κ1) is 13.9. The van der Waals surface area contributed by atoms with Gasteiger partial charge in [0.25, 0.3) is 5.69 Å². The molecule has 0 bridgehead atoms. The highest BCUT2D eigenvalue weighted by atomic mass is 16.6. The van der Waals surface area contributed by atoms with E-state index in [2.05, 4.69) is 5.32 Å². The van der Waals surface area contributed by atoms with Crippen molar-refractivity contribution in [2.24, 2.45) is 0 Å². The van der Waals surface area contributed by atoms with Gasteiger partial charge in [-0.2, -0.15) is 0 Å². The van der Waals surface area contributed by atoms with Gasteiger partial charge in [-0.25, -0.2) is 0 Å². The molecule has 0 radical (unpaired) electrons. The topological polar surface area (TPSA) is 81.2 Å². The number of benzene rings is 2. The number of nitro benzene ring substituents is 1. The van der Waals surface area contributed by atoms with Crippen LogP contribution in [-0.2, 0) is 0 Å². The third kappa shape index (κ3) is 2.71. The van der Waals surface area contributed by atoms with Crippen LogP contribution in [0.1, 0.15) is 16.7 Å². The number of hydrogen-bond donors (Lipinski definition) is 2. The molecule has 0 saturated carbocycles. The number of nitrogens with two attached hydrogens (primary N) is 1. The van der Waals surface area contributed by atoms with Gasteiger partial charge in [0, 0.05) is 17.4 Å². The van der Waals surface area contributed by atoms with Gasteiger partial charge in [0.15, 0.2) is 0 Å². The number of nitrogens with zero attached hydrogens (tertiary/aromatic N) is 1. The lowest BCUT2D eigenvalue weighted by atomic mass is 10.0. The van der Waals surface area contributed by atoms with Gasteiger partial charge in [-0.1, -0.05) is 17.7 Å². The Kier molecular flexibility index (Phi) is 3.61. The summed E-state index contributed by atoms with van der Waals surface area (Å²) in [7, 11) is 0. The maximum Gasteiger partial charge on any atom is 0.294 e. The minimum absolute atomic E-state index is 0.0237. The van der Waals surface area contributed by atoms with Gasteiger partial charge in [0.2, 0.25) is 0 Å². The fourth-order valence-corrected chi connectivity index (χ4v) is 2.32. The van der Waals surface area contributed by atoms with Crippen LogP contribution in [0.15, 0.2) is 30.3 Å². The molecule has 0 spiro atoms. The highest BCUT2D eigenvalue weighted by molar-refractivity contribution is 5.75. The largest absolute Gasteiger partial charge is 0.399 e. The van der Waals surface area contributed by atoms with E-state index in [4.69, 9.17) is 5.73 Å². The van der Waals surface area contributed by atoms with Gasteiger partial charge in [0.1, 0.15) is 5.69 Å². The molecule has 0 aliphatic heterocycles. The number of aryl methyl sites for hydroxylation is 3. The summed E-state index contributed by atoms with van der Waals surface area (Å²) < 4.78 is 0. The van der Waals surface area contributed by atoms with Crippen molar-refractivity contribution in [3.63, 3.8) is 0 Å². The molecule has 3 N–H and O–H groups in total. The molecule has 0 aliphatic carbocycles. The Labute approximate surface area is 117 Å². The van der Waals surface area contributed by atoms with Crippen molar-refractivity contribution < 1.29 is 4.92 Å². The molecule has 0 aliphatic rings. The van der Waals surface area contributed by atoms with Crippen LogP contribution in [0, 0.1) is 30.9 Å². The predicted molar refractivity (Wildman–Crippen MR) is 81.4 cm³/mol. The van der Waals surface area contributed by atoms with Crippen molar-refractivity contribution in [3.05, 3.63) is 57.1 Å². The molecular formula is C15H17N3O2. The molecule has 2 aromatic rings. The fourth-order valence-electron chi connectivity index (χ4n) is 2.32. The van der Waals surface area contributed by atoms with Crippen LogP contribution in [0.4, 0.5) is 22.7 Å². The van der Waals surface area contributed by atoms with E-state index in [-0.39, 0.29) is 5.69 Å². The lowest BCUT2D eigenvalue weighted by Gasteiger charge is -2.14. The number of nitro groups is 1. The molecule has 0 atom stereocenters. The fraction of sp³-hybridized carbons (Fsp3) is 0.200. The van der Waals surface area contributed by atoms with Crippen LogP contribution < -0.4 is 11.1 Å². The molecule has 0 unspecified atom stereocenters. The Bertz CT molecular complexity index is 658. The Morgan fingerprint density at radius 1 is 1.10 bits per heavy atom. The van der Waals surface area contributed by atoms with Gasteiger partial charge in [0.05, 0.1) is 4.92 Å². The Morgan fingerprint density at radius 3 is 2.25 bits per heavy atom. The zero-order valence-electron chi connectivity index (χ0n) is 11.7. The second-order valence-electron chi connectivity index (χ2n) is 4.93. The number of nitrogens with one attached hydrogen (secondary N) is 1. The van der Waals surface area contributed by atoms with Gasteiger partial charge < -0.3 is 11.1 Å². The Balaban J connectivity index is 2.48. The van der Waals surface area contributed by atoms with Crippen LogP contribution in [0.25, 0.3) is 0 Å². The second kappa shape index (κ2) is 5.21. The predicted octanol–water partition coefficient (Wildman–Crippen LogP) is 3.85. The molecule has 0 amide bonds. The van der Waals surface area contributed by atoms with Crippen molar-refractivity contribution in [3.8, 4) is 0 Å². The quantitative estimate of drug-likeness (QED) is 0.504. The maximum absolute atomic E-state index is 11.1. The smallest absolute Gasteiger partial charge is 0.294 e. The zero-order valence-corrected chi connectivity index (χ0v) is 11.7. The minimum atomic E-state index is -0.433. The minimum Gasteiger partial charge on any atom is -0.399 e. The molecule has 2 aromatic carbocycles. The summed E-state index contributed by atoms with van der Waals surface area (Å²) in [5.74, 6) is 0. The molecule has 5 nitrogen and oxygen atoms in total. The summed E-state index contributed by atoms with van der Waals surface area (Å²) in [5.41, 5.74) is 10.6. The van der Waals surface area contributed by atoms with Crippen molar-refractivity contribution in [2.75, 3.05) is 11.1 Å². The third-order valence-electron chi connectivity index (χ3n) is 3.16. The summed E-state index contributed by atoms with van der Waals surface area (Å²) in [6.45, 7) is 5.98. The van der Waals surface area contributed by atoms with E-state index in [1.165, 1.54) is 6.07 Å². The standard InChI is InChI=1S/C15H17N3O2/c1-9-6-10(2)15(11(3)7-9)17-13-5-4-12(16)8-14(13)18(19)20/h4-8,17H,16H2,1-3H3. The van der Waals surface area contributed by atoms with Crippen LogP contribution in [0.2, 0.25) is 0 Å². The average molecular weight is 271 g/mol. The first-order chi connectivity index (χ1) is 9.38. The first-order valence-corrected chi connectivity index (χ1v) is 6.27. The molecule has 104 valence electrons. The average Bonchev–Trinajstić information content (AvgIpc) is 2.34. The monoisotopic (exact) mass is 271 g/mol. The van der Waals surface area contributed by atoms with Crippen molar-refractivity contribution in [1.29, 1.82) is 0 Å². The Hall–Kier alpha value is -2.56. The molecule has 2 rings (SSSR count). The molecule has 0 aromatic heterocycles. The van der Waals surface area contributed by atoms with Crippen molar-refractivity contribution in [1.82, 2.24) is 0 Å². The van der Waals surface area contributed by atoms with E-state index in [0.29, 0.717) is 11.4 Å². The van der Waals surface area contributed by atoms with E-state index in [1.807, 2.05) is 32.9 Å². The van der Waals surface area contributed by atoms with E-state index in [0.717, 1.165) is 22.4 Å². The summed E-state index contributed by atoms with van der Waals surface area (Å²) in [6.07, 6.45) is 0. The number of rotatable bonds is 3. The zero-order chi connectivity index (χ0) is 14.9. The number of hydrogen-bond acceptors (Lipinski definition) is 4. The van der Waals surface area contributed by atoms with Gasteiger partial charge >= 0.3 is 0 Å². The van der Waals surface area contributed by atoms with Crippen molar-refractivity contribution in [2.45, 2.75) is 20.8 Å². The van der Waals surface area contributed by atoms with Crippen LogP contribution in [0.5, 0.6) is 0 Å². The summed E-state index contributed by atoms with van der Waals surface area (Å²) in [4.78, 5) is 10.7. The highest BCUT2D eigenvalue weighted by Crippen LogP contribution is 2.32. The second-order valence-corrected chi connectivity index (χ2v) is 4.93. The van der Waals surface area contributed by atoms with E-state index in [9.17, 15) is 10.1 Å². The number of nitrogen functional groups attached to an aromatic ring is 1. The van der Waals surface area contributed by atoms with Gasteiger partial charge in [-0.05, 0) is 44.0 Å². The summed E-state index contributed by atoms with van der Waals surface area (Å²) in [5, 5.41) is 14.2. The molecule has 0 fully saturated rings. The Morgan fingerprint density at radius 2 is 1.70 bits per heavy atom. The van der Waals surface area contributed by atoms with E-state index in [1.54, 1.807) is 12.1 Å². The molecule has 0 heterocycles. The van der Waals surface area contributed by atoms with Crippen molar-refractivity contribution >= 4 is 22.7 Å². The normalized spacial score (nSPS) is 10.3. The van der Waals surface area contributed by atoms with Gasteiger partial charge in [-0.3, -0.25) is 10.1 Å². The van der Waals surface area contributed by atoms with E-state index >= 15 is 0 Å². The molecule has 5 heteroatoms. The molecule has 20 heavy (non-hydrogen) atoms. The van der Waals surface area contributed by atoms with Crippen LogP contribution >= 0.6 is 0 Å². The molecular weight excluding hydrogens is 254 g/mol. The van der Waals surface area contributed by atoms with E-state index < -0.39 is 4.92 Å². The number of anilines is 3. The third-order valence-corrected chi connectivity index (χ3v) is 3.16. The van der Waals surface area contributed by atoms with Crippen LogP contribution in [0.3, 0.4) is 0 Å². The lowest BCUT2D eigenvalue weighted by molar-refractivity contribution is -0.383. The summed E-state index contributed by atoms with van der Waals surface area (Å²) >= 11 is 0. The maximum atomic E-state index is 11.1. The first-order valence-electron chi connectivity index (χ1n) is 6.27. The summed E-state index contributed by atoms with van der Waals surface area (Å²) in [6, 6.07) is 8.72.